The number of aromatic nitrogens is 1. The minimum absolute atomic E-state index is 0.123. The molecule has 1 heterocycles. The van der Waals surface area contributed by atoms with Crippen molar-refractivity contribution in [3.63, 3.8) is 0 Å². The minimum atomic E-state index is -1.26. The maximum absolute atomic E-state index is 15.0. The Labute approximate surface area is 157 Å². The molecule has 144 valence electrons. The van der Waals surface area contributed by atoms with Crippen LogP contribution in [0.15, 0.2) is 23.1 Å². The first-order valence-corrected chi connectivity index (χ1v) is 9.65. The van der Waals surface area contributed by atoms with Gasteiger partial charge in [0.1, 0.15) is 11.4 Å². The van der Waals surface area contributed by atoms with E-state index < -0.39 is 17.2 Å². The molecule has 2 aromatic rings. The fourth-order valence-electron chi connectivity index (χ4n) is 4.42. The number of hydrogen-bond donors (Lipinski definition) is 1. The Kier molecular flexibility index (Phi) is 4.54. The molecular formula is C21H25FN2O3. The highest BCUT2D eigenvalue weighted by Crippen LogP contribution is 2.40. The SMILES string of the molecule is CN(C)C1CCCC(c2cc3c(cc2F)c(=O)c(C(=O)O)cn3C2CC2)C1. The number of carboxylic acids is 1. The minimum Gasteiger partial charge on any atom is -0.477 e. The summed E-state index contributed by atoms with van der Waals surface area (Å²) >= 11 is 0. The molecule has 2 aliphatic rings. The Morgan fingerprint density at radius 2 is 1.96 bits per heavy atom. The number of rotatable bonds is 4. The third-order valence-electron chi connectivity index (χ3n) is 6.14. The van der Waals surface area contributed by atoms with Crippen LogP contribution in [0.1, 0.15) is 66.4 Å². The number of fused-ring (bicyclic) bond motifs is 1. The zero-order valence-electron chi connectivity index (χ0n) is 15.7. The quantitative estimate of drug-likeness (QED) is 0.888. The fourth-order valence-corrected chi connectivity index (χ4v) is 4.42. The van der Waals surface area contributed by atoms with E-state index in [4.69, 9.17) is 0 Å². The molecule has 4 rings (SSSR count). The molecule has 0 aliphatic heterocycles. The number of halogens is 1. The topological polar surface area (TPSA) is 62.5 Å². The monoisotopic (exact) mass is 372 g/mol. The van der Waals surface area contributed by atoms with Crippen molar-refractivity contribution in [2.75, 3.05) is 14.1 Å². The molecule has 1 N–H and O–H groups in total. The Hall–Kier alpha value is -2.21. The lowest BCUT2D eigenvalue weighted by atomic mass is 9.80. The molecule has 0 amide bonds. The van der Waals surface area contributed by atoms with Crippen LogP contribution >= 0.6 is 0 Å². The highest BCUT2D eigenvalue weighted by Gasteiger charge is 2.30. The van der Waals surface area contributed by atoms with Crippen LogP contribution in [0.3, 0.4) is 0 Å². The van der Waals surface area contributed by atoms with Crippen LogP contribution in [0, 0.1) is 5.82 Å². The molecule has 2 unspecified atom stereocenters. The van der Waals surface area contributed by atoms with E-state index in [1.807, 2.05) is 4.57 Å². The summed E-state index contributed by atoms with van der Waals surface area (Å²) in [6, 6.07) is 3.69. The van der Waals surface area contributed by atoms with E-state index >= 15 is 0 Å². The largest absolute Gasteiger partial charge is 0.477 e. The third-order valence-corrected chi connectivity index (χ3v) is 6.14. The van der Waals surface area contributed by atoms with Crippen molar-refractivity contribution in [1.82, 2.24) is 9.47 Å². The number of hydrogen-bond acceptors (Lipinski definition) is 3. The molecule has 2 fully saturated rings. The molecule has 0 bridgehead atoms. The van der Waals surface area contributed by atoms with Crippen molar-refractivity contribution < 1.29 is 14.3 Å². The van der Waals surface area contributed by atoms with Gasteiger partial charge in [-0.2, -0.15) is 0 Å². The molecule has 27 heavy (non-hydrogen) atoms. The molecule has 6 heteroatoms. The number of pyridine rings is 1. The van der Waals surface area contributed by atoms with Crippen molar-refractivity contribution in [3.05, 3.63) is 45.5 Å². The highest BCUT2D eigenvalue weighted by atomic mass is 19.1. The standard InChI is InChI=1S/C21H25FN2O3/c1-23(2)14-5-3-4-12(8-14)15-10-19-16(9-18(15)22)20(25)17(21(26)27)11-24(19)13-6-7-13/h9-14H,3-8H2,1-2H3,(H,26,27). The van der Waals surface area contributed by atoms with E-state index in [1.165, 1.54) is 12.3 Å². The first kappa shape index (κ1) is 18.2. The van der Waals surface area contributed by atoms with Crippen molar-refractivity contribution in [2.24, 2.45) is 0 Å². The Morgan fingerprint density at radius 3 is 2.59 bits per heavy atom. The van der Waals surface area contributed by atoms with E-state index in [0.29, 0.717) is 17.1 Å². The highest BCUT2D eigenvalue weighted by molar-refractivity contribution is 5.92. The first-order valence-electron chi connectivity index (χ1n) is 9.65. The summed E-state index contributed by atoms with van der Waals surface area (Å²) in [5, 5.41) is 9.52. The number of carbonyl (C=O) groups is 1. The normalized spacial score (nSPS) is 23.1. The molecule has 2 aliphatic carbocycles. The molecule has 0 saturated heterocycles. The number of carboxylic acid groups (broad SMARTS) is 1. The van der Waals surface area contributed by atoms with Gasteiger partial charge in [-0.1, -0.05) is 6.42 Å². The molecule has 1 aromatic heterocycles. The van der Waals surface area contributed by atoms with Gasteiger partial charge in [0.2, 0.25) is 5.43 Å². The van der Waals surface area contributed by atoms with E-state index in [9.17, 15) is 19.1 Å². The number of benzene rings is 1. The maximum atomic E-state index is 15.0. The van der Waals surface area contributed by atoms with Crippen molar-refractivity contribution in [1.29, 1.82) is 0 Å². The van der Waals surface area contributed by atoms with Gasteiger partial charge >= 0.3 is 5.97 Å². The lowest BCUT2D eigenvalue weighted by molar-refractivity contribution is 0.0695. The van der Waals surface area contributed by atoms with Crippen LogP contribution in [0.2, 0.25) is 0 Å². The van der Waals surface area contributed by atoms with Crippen LogP contribution in [0.4, 0.5) is 4.39 Å². The Bertz CT molecular complexity index is 962. The Morgan fingerprint density at radius 1 is 1.22 bits per heavy atom. The van der Waals surface area contributed by atoms with Gasteiger partial charge < -0.3 is 14.6 Å². The summed E-state index contributed by atoms with van der Waals surface area (Å²) in [7, 11) is 4.12. The van der Waals surface area contributed by atoms with Crippen LogP contribution < -0.4 is 5.43 Å². The van der Waals surface area contributed by atoms with Crippen molar-refractivity contribution in [2.45, 2.75) is 56.5 Å². The van der Waals surface area contributed by atoms with Gasteiger partial charge in [-0.05, 0) is 69.8 Å². The predicted octanol–water partition coefficient (Wildman–Crippen LogP) is 3.76. The molecular weight excluding hydrogens is 347 g/mol. The van der Waals surface area contributed by atoms with E-state index in [-0.39, 0.29) is 22.9 Å². The molecule has 2 atom stereocenters. The zero-order valence-corrected chi connectivity index (χ0v) is 15.7. The lowest BCUT2D eigenvalue weighted by Gasteiger charge is -2.34. The molecule has 1 aromatic carbocycles. The van der Waals surface area contributed by atoms with Crippen LogP contribution in [0.25, 0.3) is 10.9 Å². The number of aromatic carboxylic acids is 1. The maximum Gasteiger partial charge on any atom is 0.341 e. The fraction of sp³-hybridized carbons (Fsp3) is 0.524. The van der Waals surface area contributed by atoms with Gasteiger partial charge in [0, 0.05) is 23.7 Å². The molecule has 0 radical (unpaired) electrons. The van der Waals surface area contributed by atoms with Gasteiger partial charge in [-0.15, -0.1) is 0 Å². The summed E-state index contributed by atoms with van der Waals surface area (Å²) < 4.78 is 16.9. The van der Waals surface area contributed by atoms with Gasteiger partial charge in [0.05, 0.1) is 5.52 Å². The molecule has 5 nitrogen and oxygen atoms in total. The zero-order chi connectivity index (χ0) is 19.3. The third kappa shape index (κ3) is 3.27. The second-order valence-electron chi connectivity index (χ2n) is 8.19. The summed E-state index contributed by atoms with van der Waals surface area (Å²) in [5.74, 6) is -1.53. The van der Waals surface area contributed by atoms with E-state index in [1.54, 1.807) is 6.07 Å². The summed E-state index contributed by atoms with van der Waals surface area (Å²) in [5.41, 5.74) is 0.434. The summed E-state index contributed by atoms with van der Waals surface area (Å²) in [6.45, 7) is 0. The smallest absolute Gasteiger partial charge is 0.341 e. The Balaban J connectivity index is 1.85. The first-order chi connectivity index (χ1) is 12.9. The predicted molar refractivity (Wildman–Crippen MR) is 102 cm³/mol. The van der Waals surface area contributed by atoms with Gasteiger partial charge in [-0.25, -0.2) is 9.18 Å². The van der Waals surface area contributed by atoms with Crippen LogP contribution in [-0.2, 0) is 0 Å². The average molecular weight is 372 g/mol. The van der Waals surface area contributed by atoms with Crippen LogP contribution in [0.5, 0.6) is 0 Å². The van der Waals surface area contributed by atoms with Gasteiger partial charge in [-0.3, -0.25) is 4.79 Å². The molecule has 0 spiro atoms. The van der Waals surface area contributed by atoms with Crippen LogP contribution in [-0.4, -0.2) is 40.7 Å². The second-order valence-corrected chi connectivity index (χ2v) is 8.19. The molecule has 2 saturated carbocycles. The summed E-state index contributed by atoms with van der Waals surface area (Å²) in [6.07, 6.45) is 7.36. The van der Waals surface area contributed by atoms with E-state index in [2.05, 4.69) is 19.0 Å². The number of nitrogens with zero attached hydrogens (tertiary/aromatic N) is 2. The van der Waals surface area contributed by atoms with Gasteiger partial charge in [0.15, 0.2) is 0 Å². The lowest BCUT2D eigenvalue weighted by Crippen LogP contribution is -2.32. The second kappa shape index (κ2) is 6.75. The van der Waals surface area contributed by atoms with Crippen molar-refractivity contribution >= 4 is 16.9 Å². The van der Waals surface area contributed by atoms with Crippen molar-refractivity contribution in [3.8, 4) is 0 Å². The average Bonchev–Trinajstić information content (AvgIpc) is 3.47. The van der Waals surface area contributed by atoms with E-state index in [0.717, 1.165) is 38.5 Å². The van der Waals surface area contributed by atoms with Gasteiger partial charge in [0.25, 0.3) is 0 Å². The summed E-state index contributed by atoms with van der Waals surface area (Å²) in [4.78, 5) is 26.2.